The van der Waals surface area contributed by atoms with E-state index in [1.807, 2.05) is 32.0 Å². The molecule has 0 saturated carbocycles. The Morgan fingerprint density at radius 2 is 1.88 bits per heavy atom. The van der Waals surface area contributed by atoms with Crippen LogP contribution in [0.4, 0.5) is 0 Å². The van der Waals surface area contributed by atoms with Gasteiger partial charge in [0.05, 0.1) is 24.0 Å². The topological polar surface area (TPSA) is 93.9 Å². The fourth-order valence-electron chi connectivity index (χ4n) is 4.01. The Kier molecular flexibility index (Phi) is 5.81. The number of rotatable bonds is 5. The van der Waals surface area contributed by atoms with Crippen LogP contribution in [-0.4, -0.2) is 43.9 Å². The molecule has 168 valence electrons. The van der Waals surface area contributed by atoms with Gasteiger partial charge < -0.3 is 14.1 Å². The summed E-state index contributed by atoms with van der Waals surface area (Å²) in [5, 5.41) is 0.412. The minimum absolute atomic E-state index is 0.0318. The van der Waals surface area contributed by atoms with Crippen molar-refractivity contribution in [2.45, 2.75) is 32.9 Å². The van der Waals surface area contributed by atoms with Crippen molar-refractivity contribution >= 4 is 26.7 Å². The Labute approximate surface area is 186 Å². The Balaban J connectivity index is 1.75. The van der Waals surface area contributed by atoms with Crippen molar-refractivity contribution < 1.29 is 22.4 Å². The fourth-order valence-corrected chi connectivity index (χ4v) is 5.75. The van der Waals surface area contributed by atoms with Crippen molar-refractivity contribution in [2.75, 3.05) is 18.6 Å². The number of aryl methyl sites for hydroxylation is 2. The van der Waals surface area contributed by atoms with Gasteiger partial charge in [-0.15, -0.1) is 0 Å². The zero-order valence-corrected chi connectivity index (χ0v) is 19.1. The quantitative estimate of drug-likeness (QED) is 0.586. The van der Waals surface area contributed by atoms with Crippen molar-refractivity contribution in [2.24, 2.45) is 0 Å². The van der Waals surface area contributed by atoms with Gasteiger partial charge in [-0.2, -0.15) is 0 Å². The van der Waals surface area contributed by atoms with E-state index in [2.05, 4.69) is 0 Å². The van der Waals surface area contributed by atoms with Crippen LogP contribution in [0, 0.1) is 13.8 Å². The number of fused-ring (bicyclic) bond motifs is 1. The molecular weight excluding hydrogens is 430 g/mol. The van der Waals surface area contributed by atoms with Crippen molar-refractivity contribution in [1.29, 1.82) is 0 Å². The average Bonchev–Trinajstić information content (AvgIpc) is 3.14. The van der Waals surface area contributed by atoms with Crippen LogP contribution >= 0.6 is 0 Å². The molecule has 0 bridgehead atoms. The molecule has 1 unspecified atom stereocenters. The molecule has 7 nitrogen and oxygen atoms in total. The minimum atomic E-state index is -3.22. The van der Waals surface area contributed by atoms with Gasteiger partial charge in [0.25, 0.3) is 5.91 Å². The van der Waals surface area contributed by atoms with E-state index in [4.69, 9.17) is 9.15 Å². The van der Waals surface area contributed by atoms with Crippen LogP contribution in [0.25, 0.3) is 11.0 Å². The third-order valence-electron chi connectivity index (χ3n) is 6.05. The average molecular weight is 456 g/mol. The highest BCUT2D eigenvalue weighted by Crippen LogP contribution is 2.25. The second-order valence-corrected chi connectivity index (χ2v) is 10.4. The van der Waals surface area contributed by atoms with E-state index in [9.17, 15) is 18.0 Å². The Hall–Kier alpha value is -3.13. The zero-order valence-electron chi connectivity index (χ0n) is 18.3. The van der Waals surface area contributed by atoms with Gasteiger partial charge >= 0.3 is 0 Å². The number of carbonyl (C=O) groups excluding carboxylic acids is 1. The first-order chi connectivity index (χ1) is 15.2. The number of benzene rings is 2. The molecule has 1 aliphatic rings. The maximum Gasteiger partial charge on any atom is 0.290 e. The van der Waals surface area contributed by atoms with Crippen molar-refractivity contribution in [3.05, 3.63) is 75.1 Å². The molecular formula is C24H25NO6S. The second-order valence-electron chi connectivity index (χ2n) is 8.20. The molecule has 2 aromatic carbocycles. The smallest absolute Gasteiger partial charge is 0.290 e. The fraction of sp³-hybridized carbons (Fsp3) is 0.333. The number of ether oxygens (including phenoxy) is 1. The molecule has 1 aromatic heterocycles. The molecule has 1 fully saturated rings. The molecule has 8 heteroatoms. The maximum absolute atomic E-state index is 13.5. The molecule has 0 radical (unpaired) electrons. The molecule has 0 N–H and O–H groups in total. The number of amides is 1. The summed E-state index contributed by atoms with van der Waals surface area (Å²) in [7, 11) is -1.65. The molecule has 1 atom stereocenters. The summed E-state index contributed by atoms with van der Waals surface area (Å²) in [6.45, 7) is 3.94. The predicted octanol–water partition coefficient (Wildman–Crippen LogP) is 3.25. The van der Waals surface area contributed by atoms with Crippen LogP contribution in [0.1, 0.15) is 33.7 Å². The van der Waals surface area contributed by atoms with Crippen LogP contribution in [-0.2, 0) is 16.4 Å². The highest BCUT2D eigenvalue weighted by atomic mass is 32.2. The van der Waals surface area contributed by atoms with E-state index in [-0.39, 0.29) is 29.2 Å². The SMILES string of the molecule is COc1ccc(CN(C(=O)c2cc(=O)c3ccc(C)c(C)c3o2)C2CCS(=O)(=O)C2)cc1. The van der Waals surface area contributed by atoms with Crippen molar-refractivity contribution in [3.63, 3.8) is 0 Å². The number of methoxy groups -OCH3 is 1. The first-order valence-electron chi connectivity index (χ1n) is 10.4. The molecule has 1 amide bonds. The lowest BCUT2D eigenvalue weighted by molar-refractivity contribution is 0.0648. The highest BCUT2D eigenvalue weighted by molar-refractivity contribution is 7.91. The van der Waals surface area contributed by atoms with Crippen LogP contribution < -0.4 is 10.2 Å². The van der Waals surface area contributed by atoms with Gasteiger partial charge in [-0.3, -0.25) is 9.59 Å². The van der Waals surface area contributed by atoms with Crippen LogP contribution in [0.5, 0.6) is 5.75 Å². The van der Waals surface area contributed by atoms with E-state index in [1.54, 1.807) is 25.3 Å². The molecule has 4 rings (SSSR count). The minimum Gasteiger partial charge on any atom is -0.497 e. The molecule has 2 heterocycles. The third kappa shape index (κ3) is 4.27. The summed E-state index contributed by atoms with van der Waals surface area (Å²) >= 11 is 0. The van der Waals surface area contributed by atoms with Crippen LogP contribution in [0.3, 0.4) is 0 Å². The summed E-state index contributed by atoms with van der Waals surface area (Å²) in [5.74, 6) is 0.0211. The number of sulfone groups is 1. The van der Waals surface area contributed by atoms with Crippen LogP contribution in [0.2, 0.25) is 0 Å². The van der Waals surface area contributed by atoms with E-state index < -0.39 is 21.8 Å². The summed E-state index contributed by atoms with van der Waals surface area (Å²) in [5.41, 5.74) is 2.63. The largest absolute Gasteiger partial charge is 0.497 e. The van der Waals surface area contributed by atoms with E-state index >= 15 is 0 Å². The van der Waals surface area contributed by atoms with Gasteiger partial charge in [0, 0.05) is 18.7 Å². The first kappa shape index (κ1) is 22.1. The standard InChI is InChI=1S/C24H25NO6S/c1-15-4-9-20-21(26)12-22(31-23(20)16(15)2)24(27)25(18-10-11-32(28,29)14-18)13-17-5-7-19(30-3)8-6-17/h4-9,12,18H,10-11,13-14H2,1-3H3. The van der Waals surface area contributed by atoms with E-state index in [0.717, 1.165) is 16.7 Å². The van der Waals surface area contributed by atoms with Crippen LogP contribution in [0.15, 0.2) is 51.7 Å². The number of nitrogens with zero attached hydrogens (tertiary/aromatic N) is 1. The Bertz CT molecular complexity index is 1340. The van der Waals surface area contributed by atoms with Gasteiger partial charge in [0.1, 0.15) is 11.3 Å². The summed E-state index contributed by atoms with van der Waals surface area (Å²) in [4.78, 5) is 27.7. The van der Waals surface area contributed by atoms with Crippen molar-refractivity contribution in [3.8, 4) is 5.75 Å². The summed E-state index contributed by atoms with van der Waals surface area (Å²) < 4.78 is 35.4. The van der Waals surface area contributed by atoms with Crippen molar-refractivity contribution in [1.82, 2.24) is 4.90 Å². The molecule has 0 aliphatic carbocycles. The molecule has 3 aromatic rings. The first-order valence-corrected chi connectivity index (χ1v) is 12.2. The lowest BCUT2D eigenvalue weighted by Crippen LogP contribution is -2.40. The molecule has 0 spiro atoms. The lowest BCUT2D eigenvalue weighted by Gasteiger charge is -2.28. The van der Waals surface area contributed by atoms with Gasteiger partial charge in [-0.25, -0.2) is 8.42 Å². The summed E-state index contributed by atoms with van der Waals surface area (Å²) in [6.07, 6.45) is 0.347. The van der Waals surface area contributed by atoms with E-state index in [1.165, 1.54) is 11.0 Å². The molecule has 32 heavy (non-hydrogen) atoms. The monoisotopic (exact) mass is 455 g/mol. The zero-order chi connectivity index (χ0) is 23.0. The third-order valence-corrected chi connectivity index (χ3v) is 7.80. The highest BCUT2D eigenvalue weighted by Gasteiger charge is 2.36. The number of hydrogen-bond acceptors (Lipinski definition) is 6. The predicted molar refractivity (Wildman–Crippen MR) is 122 cm³/mol. The Morgan fingerprint density at radius 1 is 1.16 bits per heavy atom. The molecule has 1 aliphatic heterocycles. The van der Waals surface area contributed by atoms with Gasteiger partial charge in [-0.05, 0) is 55.2 Å². The molecule has 1 saturated heterocycles. The number of hydrogen-bond donors (Lipinski definition) is 0. The number of carbonyl (C=O) groups is 1. The second kappa shape index (κ2) is 8.43. The maximum atomic E-state index is 13.5. The van der Waals surface area contributed by atoms with Gasteiger partial charge in [0.2, 0.25) is 0 Å². The van der Waals surface area contributed by atoms with E-state index in [0.29, 0.717) is 23.1 Å². The Morgan fingerprint density at radius 3 is 2.50 bits per heavy atom. The lowest BCUT2D eigenvalue weighted by atomic mass is 10.1. The van der Waals surface area contributed by atoms with Gasteiger partial charge in [-0.1, -0.05) is 18.2 Å². The van der Waals surface area contributed by atoms with Gasteiger partial charge in [0.15, 0.2) is 21.0 Å². The normalized spacial score (nSPS) is 17.4. The summed E-state index contributed by atoms with van der Waals surface area (Å²) in [6, 6.07) is 11.5.